The second-order valence-electron chi connectivity index (χ2n) is 7.90. The lowest BCUT2D eigenvalue weighted by atomic mass is 9.85. The molecule has 1 atom stereocenters. The van der Waals surface area contributed by atoms with Crippen LogP contribution in [0.3, 0.4) is 0 Å². The van der Waals surface area contributed by atoms with Crippen LogP contribution in [0.1, 0.15) is 35.6 Å². The molecule has 31 heavy (non-hydrogen) atoms. The van der Waals surface area contributed by atoms with Crippen molar-refractivity contribution in [1.82, 2.24) is 9.55 Å². The first-order valence-electron chi connectivity index (χ1n) is 10.2. The number of fused-ring (bicyclic) bond motifs is 5. The maximum absolute atomic E-state index is 13.4. The number of aryl methyl sites for hydroxylation is 1. The quantitative estimate of drug-likeness (QED) is 0.405. The molecule has 0 amide bonds. The maximum Gasteiger partial charge on any atom is 0.343 e. The summed E-state index contributed by atoms with van der Waals surface area (Å²) >= 11 is 0. The Morgan fingerprint density at radius 2 is 2.13 bits per heavy atom. The third-order valence-electron chi connectivity index (χ3n) is 6.29. The molecular formula is C24H22N2O5. The summed E-state index contributed by atoms with van der Waals surface area (Å²) in [4.78, 5) is 30.6. The van der Waals surface area contributed by atoms with Crippen molar-refractivity contribution in [3.63, 3.8) is 0 Å². The van der Waals surface area contributed by atoms with Crippen molar-refractivity contribution in [2.45, 2.75) is 38.5 Å². The Balaban J connectivity index is 1.80. The molecule has 0 saturated heterocycles. The number of hydrogen-bond acceptors (Lipinski definition) is 6. The zero-order valence-electron chi connectivity index (χ0n) is 17.4. The Labute approximate surface area is 178 Å². The predicted octanol–water partition coefficient (Wildman–Crippen LogP) is 2.82. The van der Waals surface area contributed by atoms with Gasteiger partial charge in [-0.3, -0.25) is 4.79 Å². The summed E-state index contributed by atoms with van der Waals surface area (Å²) in [6, 6.07) is 7.44. The van der Waals surface area contributed by atoms with Crippen LogP contribution in [-0.4, -0.2) is 27.7 Å². The number of carbonyl (C=O) groups is 1. The smallest absolute Gasteiger partial charge is 0.343 e. The van der Waals surface area contributed by atoms with E-state index in [1.54, 1.807) is 17.7 Å². The molecular weight excluding hydrogens is 396 g/mol. The van der Waals surface area contributed by atoms with Gasteiger partial charge in [-0.2, -0.15) is 0 Å². The van der Waals surface area contributed by atoms with Crippen molar-refractivity contribution in [1.29, 1.82) is 0 Å². The molecule has 0 saturated carbocycles. The molecule has 7 heteroatoms. The highest BCUT2D eigenvalue weighted by atomic mass is 16.6. The standard InChI is InChI=1S/C24H22N2O5/c1-4-8-24(29)18-10-20-21-16(11-26(20)22(27)17(18)12-31-23(24)28)14(5-2)15-9-13(30-3)6-7-19(15)25-21/h4,6-7,9-10,29H,1,5,8,11-12H2,2-3H3/t24-/m0/s1. The van der Waals surface area contributed by atoms with E-state index in [-0.39, 0.29) is 24.2 Å². The van der Waals surface area contributed by atoms with Gasteiger partial charge >= 0.3 is 5.97 Å². The number of esters is 1. The van der Waals surface area contributed by atoms with E-state index in [0.717, 1.165) is 34.2 Å². The summed E-state index contributed by atoms with van der Waals surface area (Å²) in [5, 5.41) is 12.1. The van der Waals surface area contributed by atoms with E-state index in [9.17, 15) is 14.7 Å². The first-order chi connectivity index (χ1) is 14.9. The molecule has 1 aromatic carbocycles. The molecule has 5 rings (SSSR count). The van der Waals surface area contributed by atoms with Gasteiger partial charge in [0.2, 0.25) is 0 Å². The number of aromatic nitrogens is 2. The molecule has 0 radical (unpaired) electrons. The van der Waals surface area contributed by atoms with Crippen molar-refractivity contribution >= 4 is 16.9 Å². The van der Waals surface area contributed by atoms with Crippen LogP contribution in [-0.2, 0) is 34.7 Å². The highest BCUT2D eigenvalue weighted by Gasteiger charge is 2.46. The number of hydrogen-bond donors (Lipinski definition) is 1. The van der Waals surface area contributed by atoms with E-state index >= 15 is 0 Å². The van der Waals surface area contributed by atoms with E-state index in [2.05, 4.69) is 13.5 Å². The average molecular weight is 418 g/mol. The van der Waals surface area contributed by atoms with Gasteiger partial charge in [-0.25, -0.2) is 9.78 Å². The van der Waals surface area contributed by atoms with Crippen molar-refractivity contribution in [3.8, 4) is 17.1 Å². The number of benzene rings is 1. The third-order valence-corrected chi connectivity index (χ3v) is 6.29. The summed E-state index contributed by atoms with van der Waals surface area (Å²) < 4.78 is 12.2. The zero-order chi connectivity index (χ0) is 21.9. The molecule has 7 nitrogen and oxygen atoms in total. The monoisotopic (exact) mass is 418 g/mol. The molecule has 2 aliphatic rings. The van der Waals surface area contributed by atoms with E-state index < -0.39 is 11.6 Å². The Hall–Kier alpha value is -3.45. The number of aliphatic hydroxyl groups is 1. The Bertz CT molecular complexity index is 1340. The van der Waals surface area contributed by atoms with Gasteiger partial charge in [0.05, 0.1) is 36.1 Å². The molecule has 3 aromatic rings. The summed E-state index contributed by atoms with van der Waals surface area (Å²) in [5.41, 5.74) is 2.56. The van der Waals surface area contributed by atoms with Crippen molar-refractivity contribution in [3.05, 3.63) is 69.5 Å². The van der Waals surface area contributed by atoms with Gasteiger partial charge in [-0.15, -0.1) is 6.58 Å². The molecule has 0 bridgehead atoms. The summed E-state index contributed by atoms with van der Waals surface area (Å²) in [6.45, 7) is 5.93. The largest absolute Gasteiger partial charge is 0.497 e. The highest BCUT2D eigenvalue weighted by Crippen LogP contribution is 2.40. The molecule has 0 spiro atoms. The second kappa shape index (κ2) is 6.78. The fraction of sp³-hybridized carbons (Fsp3) is 0.292. The second-order valence-corrected chi connectivity index (χ2v) is 7.90. The van der Waals surface area contributed by atoms with Crippen LogP contribution < -0.4 is 10.3 Å². The van der Waals surface area contributed by atoms with Crippen LogP contribution in [0, 0.1) is 0 Å². The van der Waals surface area contributed by atoms with Crippen molar-refractivity contribution in [2.75, 3.05) is 7.11 Å². The van der Waals surface area contributed by atoms with Gasteiger partial charge < -0.3 is 19.1 Å². The number of carbonyl (C=O) groups excluding carboxylic acids is 1. The van der Waals surface area contributed by atoms with Gasteiger partial charge in [-0.05, 0) is 36.2 Å². The first-order valence-corrected chi connectivity index (χ1v) is 10.2. The van der Waals surface area contributed by atoms with E-state index in [1.165, 1.54) is 6.08 Å². The van der Waals surface area contributed by atoms with Crippen LogP contribution >= 0.6 is 0 Å². The number of nitrogens with zero attached hydrogens (tertiary/aromatic N) is 2. The third kappa shape index (κ3) is 2.59. The van der Waals surface area contributed by atoms with Crippen LogP contribution in [0.5, 0.6) is 5.75 Å². The fourth-order valence-corrected chi connectivity index (χ4v) is 4.74. The zero-order valence-corrected chi connectivity index (χ0v) is 17.4. The number of rotatable bonds is 4. The molecule has 0 unspecified atom stereocenters. The topological polar surface area (TPSA) is 90.7 Å². The van der Waals surface area contributed by atoms with Crippen molar-refractivity contribution < 1.29 is 19.4 Å². The van der Waals surface area contributed by atoms with Crippen LogP contribution in [0.2, 0.25) is 0 Å². The maximum atomic E-state index is 13.4. The minimum absolute atomic E-state index is 0.0419. The molecule has 0 aliphatic carbocycles. The summed E-state index contributed by atoms with van der Waals surface area (Å²) in [7, 11) is 1.63. The van der Waals surface area contributed by atoms with Gasteiger partial charge in [0, 0.05) is 22.9 Å². The average Bonchev–Trinajstić information content (AvgIpc) is 3.13. The van der Waals surface area contributed by atoms with Crippen LogP contribution in [0.4, 0.5) is 0 Å². The lowest BCUT2D eigenvalue weighted by molar-refractivity contribution is -0.171. The molecule has 158 valence electrons. The lowest BCUT2D eigenvalue weighted by Gasteiger charge is -2.31. The number of methoxy groups -OCH3 is 1. The molecule has 0 fully saturated rings. The predicted molar refractivity (Wildman–Crippen MR) is 115 cm³/mol. The fourth-order valence-electron chi connectivity index (χ4n) is 4.74. The van der Waals surface area contributed by atoms with Crippen molar-refractivity contribution in [2.24, 2.45) is 0 Å². The summed E-state index contributed by atoms with van der Waals surface area (Å²) in [5.74, 6) is -0.0208. The van der Waals surface area contributed by atoms with Crippen LogP contribution in [0.15, 0.2) is 41.7 Å². The molecule has 2 aromatic heterocycles. The Kier molecular flexibility index (Phi) is 4.27. The van der Waals surface area contributed by atoms with E-state index in [0.29, 0.717) is 23.5 Å². The van der Waals surface area contributed by atoms with Gasteiger partial charge in [0.1, 0.15) is 12.4 Å². The number of pyridine rings is 2. The SMILES string of the molecule is C=CC[C@@]1(O)C(=O)OCc2c1cc1n(c2=O)Cc2c-1nc1ccc(OC)cc1c2CC. The van der Waals surface area contributed by atoms with Gasteiger partial charge in [0.15, 0.2) is 5.60 Å². The summed E-state index contributed by atoms with van der Waals surface area (Å²) in [6.07, 6.45) is 2.17. The molecule has 2 aliphatic heterocycles. The van der Waals surface area contributed by atoms with Gasteiger partial charge in [-0.1, -0.05) is 13.0 Å². The number of cyclic esters (lactones) is 1. The molecule has 1 N–H and O–H groups in total. The number of ether oxygens (including phenoxy) is 2. The van der Waals surface area contributed by atoms with E-state index in [4.69, 9.17) is 14.5 Å². The molecule has 4 heterocycles. The Morgan fingerprint density at radius 3 is 2.84 bits per heavy atom. The highest BCUT2D eigenvalue weighted by molar-refractivity contribution is 5.90. The lowest BCUT2D eigenvalue weighted by Crippen LogP contribution is -2.44. The van der Waals surface area contributed by atoms with Crippen LogP contribution in [0.25, 0.3) is 22.3 Å². The minimum atomic E-state index is -1.93. The first kappa shape index (κ1) is 19.5. The Morgan fingerprint density at radius 1 is 1.32 bits per heavy atom. The minimum Gasteiger partial charge on any atom is -0.497 e. The van der Waals surface area contributed by atoms with Gasteiger partial charge in [0.25, 0.3) is 5.56 Å². The van der Waals surface area contributed by atoms with E-state index in [1.807, 2.05) is 18.2 Å². The normalized spacial score (nSPS) is 18.9.